The van der Waals surface area contributed by atoms with Crippen LogP contribution in [-0.4, -0.2) is 47.3 Å². The molecule has 0 bridgehead atoms. The number of aliphatic hydroxyl groups is 1. The molecule has 0 spiro atoms. The van der Waals surface area contributed by atoms with Crippen LogP contribution in [0.15, 0.2) is 76.6 Å². The molecule has 9 nitrogen and oxygen atoms in total. The number of aromatic nitrogens is 2. The first kappa shape index (κ1) is 36.9. The molecule has 2 heterocycles. The van der Waals surface area contributed by atoms with Crippen molar-refractivity contribution in [3.05, 3.63) is 94.8 Å². The van der Waals surface area contributed by atoms with Gasteiger partial charge in [-0.25, -0.2) is 4.39 Å². The Morgan fingerprint density at radius 3 is 2.32 bits per heavy atom. The molecule has 5 rings (SSSR count). The largest absolute Gasteiger partial charge is 0.507 e. The van der Waals surface area contributed by atoms with E-state index in [1.807, 2.05) is 0 Å². The summed E-state index contributed by atoms with van der Waals surface area (Å²) in [6.45, 7) is 5.35. The molecular formula is C38H42FN3O6S2. The quantitative estimate of drug-likeness (QED) is 0.0269. The summed E-state index contributed by atoms with van der Waals surface area (Å²) in [6.07, 6.45) is 7.40. The van der Waals surface area contributed by atoms with E-state index in [0.717, 1.165) is 55.4 Å². The molecule has 1 N–H and O–H groups in total. The van der Waals surface area contributed by atoms with Crippen LogP contribution >= 0.6 is 23.1 Å². The molecule has 1 amide bonds. The zero-order valence-electron chi connectivity index (χ0n) is 28.5. The van der Waals surface area contributed by atoms with Crippen molar-refractivity contribution >= 4 is 45.7 Å². The molecule has 1 aromatic heterocycles. The molecule has 0 aliphatic carbocycles. The van der Waals surface area contributed by atoms with Gasteiger partial charge in [-0.3, -0.25) is 14.5 Å². The number of carbonyl (C=O) groups excluding carboxylic acids is 2. The minimum absolute atomic E-state index is 0.0861. The van der Waals surface area contributed by atoms with Gasteiger partial charge in [-0.2, -0.15) is 0 Å². The number of rotatable bonds is 18. The van der Waals surface area contributed by atoms with E-state index in [0.29, 0.717) is 51.7 Å². The minimum atomic E-state index is -1.03. The third-order valence-corrected chi connectivity index (χ3v) is 10.4. The molecule has 3 aromatic carbocycles. The molecule has 1 fully saturated rings. The Hall–Kier alpha value is -4.42. The van der Waals surface area contributed by atoms with Crippen molar-refractivity contribution in [2.75, 3.05) is 25.2 Å². The number of hydrogen-bond donors (Lipinski definition) is 1. The summed E-state index contributed by atoms with van der Waals surface area (Å²) in [4.78, 5) is 28.8. The van der Waals surface area contributed by atoms with Gasteiger partial charge in [0.15, 0.2) is 15.8 Å². The molecule has 1 aliphatic rings. The van der Waals surface area contributed by atoms with Gasteiger partial charge in [0.25, 0.3) is 5.78 Å². The summed E-state index contributed by atoms with van der Waals surface area (Å²) in [5.41, 5.74) is 1.69. The van der Waals surface area contributed by atoms with Gasteiger partial charge in [-0.15, -0.1) is 10.2 Å². The van der Waals surface area contributed by atoms with Crippen LogP contribution in [0.4, 0.5) is 9.52 Å². The number of nitrogens with zero attached hydrogens (tertiary/aromatic N) is 3. The second kappa shape index (κ2) is 18.0. The summed E-state index contributed by atoms with van der Waals surface area (Å²) in [5.74, 6) is -0.212. The van der Waals surface area contributed by atoms with Crippen molar-refractivity contribution in [2.45, 2.75) is 74.9 Å². The lowest BCUT2D eigenvalue weighted by atomic mass is 9.95. The van der Waals surface area contributed by atoms with Crippen molar-refractivity contribution in [2.24, 2.45) is 0 Å². The lowest BCUT2D eigenvalue weighted by Gasteiger charge is -2.23. The molecule has 0 saturated carbocycles. The fourth-order valence-corrected chi connectivity index (χ4v) is 7.31. The predicted molar refractivity (Wildman–Crippen MR) is 195 cm³/mol. The number of anilines is 1. The molecule has 264 valence electrons. The van der Waals surface area contributed by atoms with Crippen LogP contribution in [0.25, 0.3) is 5.76 Å². The highest BCUT2D eigenvalue weighted by Crippen LogP contribution is 2.45. The molecular weight excluding hydrogens is 678 g/mol. The number of ether oxygens (including phenoxy) is 3. The van der Waals surface area contributed by atoms with Gasteiger partial charge in [0.2, 0.25) is 5.13 Å². The Morgan fingerprint density at radius 2 is 1.60 bits per heavy atom. The first-order valence-corrected chi connectivity index (χ1v) is 18.7. The standard InChI is InChI=1S/C38H42FN3O6S2/c1-4-6-8-9-10-22-48-30-20-15-27(23-31(30)46-3)33-32(34(43)26-13-18-29(19-14-26)47-21-7-5-2)35(44)36(45)42(33)37-40-41-38(50-37)49-24-25-11-16-28(39)17-12-25/h11-20,23,33,43H,4-10,21-22,24H2,1-3H3. The topological polar surface area (TPSA) is 111 Å². The van der Waals surface area contributed by atoms with Crippen LogP contribution in [0.2, 0.25) is 0 Å². The predicted octanol–water partition coefficient (Wildman–Crippen LogP) is 9.13. The molecule has 50 heavy (non-hydrogen) atoms. The van der Waals surface area contributed by atoms with Crippen LogP contribution < -0.4 is 19.1 Å². The van der Waals surface area contributed by atoms with Crippen molar-refractivity contribution in [1.29, 1.82) is 0 Å². The minimum Gasteiger partial charge on any atom is -0.507 e. The zero-order chi connectivity index (χ0) is 35.5. The molecule has 12 heteroatoms. The molecule has 4 aromatic rings. The average molecular weight is 720 g/mol. The van der Waals surface area contributed by atoms with Crippen LogP contribution in [-0.2, 0) is 15.3 Å². The Balaban J connectivity index is 1.48. The van der Waals surface area contributed by atoms with E-state index in [4.69, 9.17) is 14.2 Å². The number of thioether (sulfide) groups is 1. The molecule has 1 atom stereocenters. The van der Waals surface area contributed by atoms with E-state index in [9.17, 15) is 19.1 Å². The number of amides is 1. The molecule has 1 aliphatic heterocycles. The number of Topliss-reactive ketones (excluding diaryl/α,β-unsaturated/α-hetero) is 1. The normalized spacial score (nSPS) is 15.4. The Morgan fingerprint density at radius 1 is 0.880 bits per heavy atom. The maximum absolute atomic E-state index is 13.8. The highest BCUT2D eigenvalue weighted by Gasteiger charge is 2.48. The number of carbonyl (C=O) groups is 2. The fraction of sp³-hybridized carbons (Fsp3) is 0.368. The number of aliphatic hydroxyl groups excluding tert-OH is 1. The van der Waals surface area contributed by atoms with Crippen LogP contribution in [0, 0.1) is 5.82 Å². The maximum Gasteiger partial charge on any atom is 0.301 e. The highest BCUT2D eigenvalue weighted by atomic mass is 32.2. The molecule has 1 saturated heterocycles. The Bertz CT molecular complexity index is 1780. The Labute approximate surface area is 300 Å². The zero-order valence-corrected chi connectivity index (χ0v) is 30.2. The van der Waals surface area contributed by atoms with E-state index in [2.05, 4.69) is 24.0 Å². The summed E-state index contributed by atoms with van der Waals surface area (Å²) in [7, 11) is 1.53. The lowest BCUT2D eigenvalue weighted by molar-refractivity contribution is -0.132. The van der Waals surface area contributed by atoms with Gasteiger partial charge in [-0.05, 0) is 72.5 Å². The molecule has 1 unspecified atom stereocenters. The number of methoxy groups -OCH3 is 1. The van der Waals surface area contributed by atoms with Gasteiger partial charge in [0.1, 0.15) is 17.3 Å². The van der Waals surface area contributed by atoms with Gasteiger partial charge in [0, 0.05) is 11.3 Å². The van der Waals surface area contributed by atoms with Crippen molar-refractivity contribution < 1.29 is 33.3 Å². The summed E-state index contributed by atoms with van der Waals surface area (Å²) < 4.78 is 31.5. The van der Waals surface area contributed by atoms with Crippen LogP contribution in [0.3, 0.4) is 0 Å². The van der Waals surface area contributed by atoms with Crippen molar-refractivity contribution in [3.8, 4) is 17.2 Å². The monoisotopic (exact) mass is 719 g/mol. The van der Waals surface area contributed by atoms with Gasteiger partial charge in [0.05, 0.1) is 31.9 Å². The van der Waals surface area contributed by atoms with E-state index >= 15 is 0 Å². The maximum atomic E-state index is 13.8. The summed E-state index contributed by atoms with van der Waals surface area (Å²) in [5, 5.41) is 20.4. The number of benzene rings is 3. The summed E-state index contributed by atoms with van der Waals surface area (Å²) in [6, 6.07) is 17.2. The number of unbranched alkanes of at least 4 members (excludes halogenated alkanes) is 5. The van der Waals surface area contributed by atoms with Crippen LogP contribution in [0.1, 0.15) is 81.5 Å². The fourth-order valence-electron chi connectivity index (χ4n) is 5.49. The van der Waals surface area contributed by atoms with E-state index < -0.39 is 17.7 Å². The third kappa shape index (κ3) is 9.02. The van der Waals surface area contributed by atoms with Crippen LogP contribution in [0.5, 0.6) is 17.2 Å². The average Bonchev–Trinajstić information content (AvgIpc) is 3.71. The smallest absolute Gasteiger partial charge is 0.301 e. The molecule has 0 radical (unpaired) electrons. The van der Waals surface area contributed by atoms with E-state index in [-0.39, 0.29) is 22.3 Å². The third-order valence-electron chi connectivity index (χ3n) is 8.23. The number of ketones is 1. The first-order chi connectivity index (χ1) is 24.3. The Kier molecular flexibility index (Phi) is 13.3. The first-order valence-electron chi connectivity index (χ1n) is 16.9. The number of hydrogen-bond acceptors (Lipinski definition) is 10. The second-order valence-corrected chi connectivity index (χ2v) is 14.0. The van der Waals surface area contributed by atoms with Gasteiger partial charge in [-0.1, -0.05) is 87.2 Å². The van der Waals surface area contributed by atoms with E-state index in [1.165, 1.54) is 42.3 Å². The SMILES string of the molecule is CCCCCCCOc1ccc(C2C(=C(O)c3ccc(OCCCC)cc3)C(=O)C(=O)N2c2nnc(SCc3ccc(F)cc3)s2)cc1OC. The second-order valence-electron chi connectivity index (χ2n) is 11.8. The van der Waals surface area contributed by atoms with Gasteiger partial charge >= 0.3 is 5.91 Å². The highest BCUT2D eigenvalue weighted by molar-refractivity contribution is 8.00. The lowest BCUT2D eigenvalue weighted by Crippen LogP contribution is -2.29. The van der Waals surface area contributed by atoms with Crippen molar-refractivity contribution in [1.82, 2.24) is 10.2 Å². The van der Waals surface area contributed by atoms with Crippen molar-refractivity contribution in [3.63, 3.8) is 0 Å². The number of halogens is 1. The summed E-state index contributed by atoms with van der Waals surface area (Å²) >= 11 is 2.53. The van der Waals surface area contributed by atoms with Gasteiger partial charge < -0.3 is 19.3 Å². The van der Waals surface area contributed by atoms with E-state index in [1.54, 1.807) is 54.6 Å².